The van der Waals surface area contributed by atoms with E-state index in [2.05, 4.69) is 47.4 Å². The zero-order valence-corrected chi connectivity index (χ0v) is 13.8. The maximum absolute atomic E-state index is 12.2. The van der Waals surface area contributed by atoms with Gasteiger partial charge in [0.15, 0.2) is 0 Å². The number of hydrogen-bond acceptors (Lipinski definition) is 3. The molecule has 1 aromatic carbocycles. The number of hydrogen-bond donors (Lipinski definition) is 2. The van der Waals surface area contributed by atoms with Crippen LogP contribution >= 0.6 is 0 Å². The first kappa shape index (κ1) is 16.0. The summed E-state index contributed by atoms with van der Waals surface area (Å²) in [5, 5.41) is 7.44. The summed E-state index contributed by atoms with van der Waals surface area (Å²) >= 11 is 0. The van der Waals surface area contributed by atoms with E-state index in [-0.39, 0.29) is 11.9 Å². The van der Waals surface area contributed by atoms with E-state index >= 15 is 0 Å². The van der Waals surface area contributed by atoms with Crippen LogP contribution in [0.15, 0.2) is 30.5 Å². The average Bonchev–Trinajstić information content (AvgIpc) is 2.90. The Bertz CT molecular complexity index is 672. The van der Waals surface area contributed by atoms with E-state index in [9.17, 15) is 4.79 Å². The number of amides is 1. The van der Waals surface area contributed by atoms with Gasteiger partial charge in [0, 0.05) is 48.3 Å². The molecule has 1 aliphatic heterocycles. The van der Waals surface area contributed by atoms with Crippen LogP contribution in [0.2, 0.25) is 0 Å². The Kier molecular flexibility index (Phi) is 4.98. The lowest BCUT2D eigenvalue weighted by Crippen LogP contribution is -2.43. The van der Waals surface area contributed by atoms with E-state index in [0.717, 1.165) is 30.8 Å². The molecule has 2 heterocycles. The van der Waals surface area contributed by atoms with Gasteiger partial charge in [0.2, 0.25) is 5.91 Å². The van der Waals surface area contributed by atoms with Crippen molar-refractivity contribution in [3.8, 4) is 0 Å². The molecule has 124 valence electrons. The number of rotatable bonds is 5. The molecule has 1 amide bonds. The normalized spacial score (nSPS) is 18.5. The molecule has 0 spiro atoms. The maximum atomic E-state index is 12.2. The Labute approximate surface area is 137 Å². The molecule has 0 bridgehead atoms. The van der Waals surface area contributed by atoms with Gasteiger partial charge in [0.25, 0.3) is 0 Å². The summed E-state index contributed by atoms with van der Waals surface area (Å²) in [6.07, 6.45) is 2.55. The first-order valence-electron chi connectivity index (χ1n) is 8.31. The summed E-state index contributed by atoms with van der Waals surface area (Å²) in [6, 6.07) is 8.30. The molecule has 23 heavy (non-hydrogen) atoms. The highest BCUT2D eigenvalue weighted by molar-refractivity contribution is 5.94. The molecule has 1 aromatic heterocycles. The van der Waals surface area contributed by atoms with Crippen LogP contribution in [0, 0.1) is 5.92 Å². The van der Waals surface area contributed by atoms with Crippen molar-refractivity contribution in [1.82, 2.24) is 9.88 Å². The van der Waals surface area contributed by atoms with Crippen molar-refractivity contribution in [2.24, 2.45) is 5.92 Å². The predicted octanol–water partition coefficient (Wildman–Crippen LogP) is 2.61. The highest BCUT2D eigenvalue weighted by Gasteiger charge is 2.17. The molecular weight excluding hydrogens is 290 g/mol. The lowest BCUT2D eigenvalue weighted by molar-refractivity contribution is -0.117. The summed E-state index contributed by atoms with van der Waals surface area (Å²) in [5.74, 6) is 0.629. The minimum atomic E-state index is 0.0222. The fourth-order valence-corrected chi connectivity index (χ4v) is 3.02. The van der Waals surface area contributed by atoms with Crippen molar-refractivity contribution in [3.05, 3.63) is 30.5 Å². The molecule has 2 N–H and O–H groups in total. The molecule has 1 unspecified atom stereocenters. The fourth-order valence-electron chi connectivity index (χ4n) is 3.02. The molecule has 0 aliphatic carbocycles. The summed E-state index contributed by atoms with van der Waals surface area (Å²) in [6.45, 7) is 7.56. The Morgan fingerprint density at radius 2 is 2.30 bits per heavy atom. The second-order valence-corrected chi connectivity index (χ2v) is 6.61. The maximum Gasteiger partial charge on any atom is 0.226 e. The van der Waals surface area contributed by atoms with Gasteiger partial charge in [0.05, 0.1) is 13.2 Å². The van der Waals surface area contributed by atoms with E-state index in [0.29, 0.717) is 18.9 Å². The van der Waals surface area contributed by atoms with Crippen LogP contribution in [0.5, 0.6) is 0 Å². The van der Waals surface area contributed by atoms with Gasteiger partial charge >= 0.3 is 0 Å². The number of carbonyl (C=O) groups is 1. The fraction of sp³-hybridized carbons (Fsp3) is 0.500. The van der Waals surface area contributed by atoms with Gasteiger partial charge in [-0.2, -0.15) is 0 Å². The van der Waals surface area contributed by atoms with Gasteiger partial charge in [-0.15, -0.1) is 0 Å². The Morgan fingerprint density at radius 1 is 1.43 bits per heavy atom. The number of anilines is 1. The smallest absolute Gasteiger partial charge is 0.226 e. The summed E-state index contributed by atoms with van der Waals surface area (Å²) in [5.41, 5.74) is 2.06. The van der Waals surface area contributed by atoms with E-state index in [1.54, 1.807) is 0 Å². The molecule has 1 fully saturated rings. The molecule has 2 aromatic rings. The highest BCUT2D eigenvalue weighted by atomic mass is 16.5. The number of nitrogens with zero attached hydrogens (tertiary/aromatic N) is 1. The second kappa shape index (κ2) is 7.15. The van der Waals surface area contributed by atoms with Crippen LogP contribution in [0.4, 0.5) is 5.69 Å². The van der Waals surface area contributed by atoms with Crippen LogP contribution in [-0.2, 0) is 16.1 Å². The third kappa shape index (κ3) is 4.12. The molecule has 1 atom stereocenters. The molecule has 0 radical (unpaired) electrons. The third-order valence-corrected chi connectivity index (χ3v) is 4.05. The largest absolute Gasteiger partial charge is 0.378 e. The standard InChI is InChI=1S/C18H25N3O2/c1-13(2)11-21-7-5-14-9-15(3-4-17(14)21)20-18(22)10-16-12-23-8-6-19-16/h3-5,7,9,13,16,19H,6,8,10-12H2,1-2H3,(H,20,22). The van der Waals surface area contributed by atoms with Crippen molar-refractivity contribution in [1.29, 1.82) is 0 Å². The zero-order chi connectivity index (χ0) is 16.2. The molecular formula is C18H25N3O2. The number of aromatic nitrogens is 1. The molecule has 1 saturated heterocycles. The van der Waals surface area contributed by atoms with Crippen molar-refractivity contribution in [2.75, 3.05) is 25.1 Å². The van der Waals surface area contributed by atoms with Gasteiger partial charge in [-0.1, -0.05) is 13.8 Å². The molecule has 3 rings (SSSR count). The van der Waals surface area contributed by atoms with Crippen LogP contribution in [0.3, 0.4) is 0 Å². The number of benzene rings is 1. The van der Waals surface area contributed by atoms with E-state index in [1.807, 2.05) is 12.1 Å². The van der Waals surface area contributed by atoms with E-state index in [4.69, 9.17) is 4.74 Å². The van der Waals surface area contributed by atoms with Crippen LogP contribution < -0.4 is 10.6 Å². The number of morpholine rings is 1. The summed E-state index contributed by atoms with van der Waals surface area (Å²) in [4.78, 5) is 12.2. The molecule has 5 nitrogen and oxygen atoms in total. The zero-order valence-electron chi connectivity index (χ0n) is 13.8. The van der Waals surface area contributed by atoms with E-state index in [1.165, 1.54) is 5.52 Å². The molecule has 1 aliphatic rings. The topological polar surface area (TPSA) is 55.3 Å². The number of carbonyl (C=O) groups excluding carboxylic acids is 1. The number of ether oxygens (including phenoxy) is 1. The number of nitrogens with one attached hydrogen (secondary N) is 2. The predicted molar refractivity (Wildman–Crippen MR) is 92.6 cm³/mol. The quantitative estimate of drug-likeness (QED) is 0.892. The van der Waals surface area contributed by atoms with Gasteiger partial charge in [-0.25, -0.2) is 0 Å². The van der Waals surface area contributed by atoms with Crippen LogP contribution in [0.1, 0.15) is 20.3 Å². The summed E-state index contributed by atoms with van der Waals surface area (Å²) < 4.78 is 7.64. The minimum Gasteiger partial charge on any atom is -0.378 e. The second-order valence-electron chi connectivity index (χ2n) is 6.61. The van der Waals surface area contributed by atoms with Crippen molar-refractivity contribution in [3.63, 3.8) is 0 Å². The molecule has 0 saturated carbocycles. The molecule has 5 heteroatoms. The average molecular weight is 315 g/mol. The Balaban J connectivity index is 1.65. The SMILES string of the molecule is CC(C)Cn1ccc2cc(NC(=O)CC3COCCN3)ccc21. The lowest BCUT2D eigenvalue weighted by Gasteiger charge is -2.23. The van der Waals surface area contributed by atoms with Gasteiger partial charge in [0.1, 0.15) is 0 Å². The van der Waals surface area contributed by atoms with Gasteiger partial charge in [-0.3, -0.25) is 4.79 Å². The monoisotopic (exact) mass is 315 g/mol. The van der Waals surface area contributed by atoms with E-state index < -0.39 is 0 Å². The van der Waals surface area contributed by atoms with Crippen molar-refractivity contribution >= 4 is 22.5 Å². The van der Waals surface area contributed by atoms with Crippen LogP contribution in [0.25, 0.3) is 10.9 Å². The summed E-state index contributed by atoms with van der Waals surface area (Å²) in [7, 11) is 0. The third-order valence-electron chi connectivity index (χ3n) is 4.05. The Morgan fingerprint density at radius 3 is 3.04 bits per heavy atom. The van der Waals surface area contributed by atoms with Crippen molar-refractivity contribution < 1.29 is 9.53 Å². The van der Waals surface area contributed by atoms with Crippen LogP contribution in [-0.4, -0.2) is 36.3 Å². The van der Waals surface area contributed by atoms with Crippen molar-refractivity contribution in [2.45, 2.75) is 32.9 Å². The first-order valence-corrected chi connectivity index (χ1v) is 8.31. The van der Waals surface area contributed by atoms with Gasteiger partial charge < -0.3 is 19.9 Å². The number of fused-ring (bicyclic) bond motifs is 1. The highest BCUT2D eigenvalue weighted by Crippen LogP contribution is 2.21. The minimum absolute atomic E-state index is 0.0222. The first-order chi connectivity index (χ1) is 11.1. The lowest BCUT2D eigenvalue weighted by atomic mass is 10.1. The van der Waals surface area contributed by atoms with Gasteiger partial charge in [-0.05, 0) is 30.2 Å². The Hall–Kier alpha value is -1.85.